The maximum atomic E-state index is 6.24. The lowest BCUT2D eigenvalue weighted by Gasteiger charge is -2.42. The van der Waals surface area contributed by atoms with Crippen LogP contribution in [-0.2, 0) is 0 Å². The highest BCUT2D eigenvalue weighted by molar-refractivity contribution is 5.81. The highest BCUT2D eigenvalue weighted by Crippen LogP contribution is 2.34. The van der Waals surface area contributed by atoms with Gasteiger partial charge in [0.25, 0.3) is 0 Å². The molecule has 1 saturated carbocycles. The Hall–Kier alpha value is -0.730. The summed E-state index contributed by atoms with van der Waals surface area (Å²) in [6.45, 7) is 5.56. The molecular weight excluding hydrogens is 246 g/mol. The van der Waals surface area contributed by atoms with Crippen molar-refractivity contribution in [2.24, 2.45) is 10.7 Å². The molecule has 1 heterocycles. The average molecular weight is 279 g/mol. The summed E-state index contributed by atoms with van der Waals surface area (Å²) >= 11 is 0. The average Bonchev–Trinajstić information content (AvgIpc) is 2.62. The highest BCUT2D eigenvalue weighted by Gasteiger charge is 2.41. The van der Waals surface area contributed by atoms with E-state index in [-0.39, 0.29) is 5.54 Å². The summed E-state index contributed by atoms with van der Waals surface area (Å²) < 4.78 is 0. The standard InChI is InChI=1S/C17H33N3/c1-3-4-5-10-13-17(2)14-19-16(18)20(17)15-11-8-6-7-9-12-15/h15H,3-14H2,1-2H3,(H2,18,19). The van der Waals surface area contributed by atoms with Crippen molar-refractivity contribution in [1.82, 2.24) is 4.90 Å². The van der Waals surface area contributed by atoms with E-state index in [4.69, 9.17) is 5.73 Å². The molecule has 1 aliphatic heterocycles. The first-order valence-electron chi connectivity index (χ1n) is 8.76. The third-order valence-corrected chi connectivity index (χ3v) is 5.17. The van der Waals surface area contributed by atoms with E-state index in [9.17, 15) is 0 Å². The molecule has 1 fully saturated rings. The monoisotopic (exact) mass is 279 g/mol. The van der Waals surface area contributed by atoms with Crippen LogP contribution in [0.2, 0.25) is 0 Å². The van der Waals surface area contributed by atoms with E-state index in [0.29, 0.717) is 6.04 Å². The van der Waals surface area contributed by atoms with Gasteiger partial charge < -0.3 is 10.6 Å². The molecule has 2 N–H and O–H groups in total. The number of nitrogens with two attached hydrogens (primary N) is 1. The smallest absolute Gasteiger partial charge is 0.192 e. The Balaban J connectivity index is 1.96. The second-order valence-corrected chi connectivity index (χ2v) is 7.00. The fraction of sp³-hybridized carbons (Fsp3) is 0.941. The van der Waals surface area contributed by atoms with Gasteiger partial charge in [0.2, 0.25) is 0 Å². The number of nitrogens with zero attached hydrogens (tertiary/aromatic N) is 2. The summed E-state index contributed by atoms with van der Waals surface area (Å²) in [5.74, 6) is 0.815. The van der Waals surface area contributed by atoms with Crippen molar-refractivity contribution in [3.8, 4) is 0 Å². The van der Waals surface area contributed by atoms with Crippen molar-refractivity contribution < 1.29 is 0 Å². The lowest BCUT2D eigenvalue weighted by atomic mass is 9.90. The third kappa shape index (κ3) is 3.67. The van der Waals surface area contributed by atoms with E-state index in [1.807, 2.05) is 0 Å². The van der Waals surface area contributed by atoms with Crippen molar-refractivity contribution in [1.29, 1.82) is 0 Å². The normalized spacial score (nSPS) is 28.5. The Labute approximate surface area is 125 Å². The van der Waals surface area contributed by atoms with E-state index >= 15 is 0 Å². The Morgan fingerprint density at radius 1 is 1.15 bits per heavy atom. The first-order valence-corrected chi connectivity index (χ1v) is 8.76. The summed E-state index contributed by atoms with van der Waals surface area (Å²) in [5, 5.41) is 0. The minimum Gasteiger partial charge on any atom is -0.370 e. The second kappa shape index (κ2) is 7.33. The predicted octanol–water partition coefficient (Wildman–Crippen LogP) is 4.07. The molecule has 0 radical (unpaired) electrons. The first kappa shape index (κ1) is 15.7. The molecule has 0 aromatic carbocycles. The number of hydrogen-bond acceptors (Lipinski definition) is 3. The molecule has 0 aromatic heterocycles. The van der Waals surface area contributed by atoms with Crippen LogP contribution in [-0.4, -0.2) is 29.0 Å². The van der Waals surface area contributed by atoms with Gasteiger partial charge in [0, 0.05) is 6.04 Å². The van der Waals surface area contributed by atoms with Gasteiger partial charge in [0.05, 0.1) is 12.1 Å². The minimum atomic E-state index is 0.187. The molecule has 0 saturated heterocycles. The molecule has 2 aliphatic rings. The quantitative estimate of drug-likeness (QED) is 0.588. The number of unbranched alkanes of at least 4 members (excludes halogenated alkanes) is 3. The van der Waals surface area contributed by atoms with Crippen molar-refractivity contribution in [2.75, 3.05) is 6.54 Å². The number of guanidine groups is 1. The Kier molecular flexibility index (Phi) is 5.74. The number of rotatable bonds is 6. The van der Waals surface area contributed by atoms with E-state index < -0.39 is 0 Å². The highest BCUT2D eigenvalue weighted by atomic mass is 15.4. The van der Waals surface area contributed by atoms with Gasteiger partial charge in [-0.2, -0.15) is 0 Å². The Bertz CT molecular complexity index is 318. The van der Waals surface area contributed by atoms with Gasteiger partial charge in [0.15, 0.2) is 5.96 Å². The van der Waals surface area contributed by atoms with Crippen molar-refractivity contribution in [2.45, 2.75) is 96.1 Å². The molecule has 3 heteroatoms. The SMILES string of the molecule is CCCCCCC1(C)CN=C(N)N1C1CCCCCC1. The van der Waals surface area contributed by atoms with E-state index in [0.717, 1.165) is 12.5 Å². The molecule has 0 bridgehead atoms. The summed E-state index contributed by atoms with van der Waals surface area (Å²) in [4.78, 5) is 7.10. The molecule has 2 rings (SSSR count). The number of hydrogen-bond donors (Lipinski definition) is 1. The molecule has 20 heavy (non-hydrogen) atoms. The van der Waals surface area contributed by atoms with Gasteiger partial charge >= 0.3 is 0 Å². The minimum absolute atomic E-state index is 0.187. The van der Waals surface area contributed by atoms with Crippen LogP contribution in [0.1, 0.15) is 84.5 Å². The molecule has 3 nitrogen and oxygen atoms in total. The zero-order valence-electron chi connectivity index (χ0n) is 13.5. The Morgan fingerprint density at radius 3 is 2.50 bits per heavy atom. The van der Waals surface area contributed by atoms with Gasteiger partial charge in [-0.1, -0.05) is 58.3 Å². The molecular formula is C17H33N3. The van der Waals surface area contributed by atoms with E-state index in [2.05, 4.69) is 23.7 Å². The largest absolute Gasteiger partial charge is 0.370 e. The summed E-state index contributed by atoms with van der Waals surface area (Å²) in [6, 6.07) is 0.639. The molecule has 1 atom stereocenters. The Morgan fingerprint density at radius 2 is 1.85 bits per heavy atom. The van der Waals surface area contributed by atoms with Crippen LogP contribution < -0.4 is 5.73 Å². The van der Waals surface area contributed by atoms with Gasteiger partial charge in [-0.25, -0.2) is 0 Å². The third-order valence-electron chi connectivity index (χ3n) is 5.17. The van der Waals surface area contributed by atoms with Crippen LogP contribution >= 0.6 is 0 Å². The molecule has 0 aromatic rings. The van der Waals surface area contributed by atoms with E-state index in [1.54, 1.807) is 0 Å². The van der Waals surface area contributed by atoms with Gasteiger partial charge in [-0.15, -0.1) is 0 Å². The molecule has 1 unspecified atom stereocenters. The lowest BCUT2D eigenvalue weighted by Crippen LogP contribution is -2.54. The van der Waals surface area contributed by atoms with Crippen LogP contribution in [0.4, 0.5) is 0 Å². The number of aliphatic imine (C=N–C) groups is 1. The second-order valence-electron chi connectivity index (χ2n) is 7.00. The first-order chi connectivity index (χ1) is 9.67. The lowest BCUT2D eigenvalue weighted by molar-refractivity contribution is 0.139. The maximum absolute atomic E-state index is 6.24. The van der Waals surface area contributed by atoms with Crippen LogP contribution in [0.25, 0.3) is 0 Å². The summed E-state index contributed by atoms with van der Waals surface area (Å²) in [6.07, 6.45) is 14.7. The van der Waals surface area contributed by atoms with Gasteiger partial charge in [0.1, 0.15) is 0 Å². The predicted molar refractivity (Wildman–Crippen MR) is 87.0 cm³/mol. The topological polar surface area (TPSA) is 41.6 Å². The van der Waals surface area contributed by atoms with Gasteiger partial charge in [-0.3, -0.25) is 4.99 Å². The van der Waals surface area contributed by atoms with Gasteiger partial charge in [-0.05, 0) is 26.2 Å². The zero-order valence-corrected chi connectivity index (χ0v) is 13.5. The molecule has 116 valence electrons. The molecule has 1 aliphatic carbocycles. The van der Waals surface area contributed by atoms with Crippen molar-refractivity contribution >= 4 is 5.96 Å². The summed E-state index contributed by atoms with van der Waals surface area (Å²) in [5.41, 5.74) is 6.43. The maximum Gasteiger partial charge on any atom is 0.192 e. The van der Waals surface area contributed by atoms with Crippen LogP contribution in [0.5, 0.6) is 0 Å². The van der Waals surface area contributed by atoms with Crippen LogP contribution in [0.15, 0.2) is 4.99 Å². The molecule has 0 spiro atoms. The van der Waals surface area contributed by atoms with E-state index in [1.165, 1.54) is 70.6 Å². The van der Waals surface area contributed by atoms with Crippen molar-refractivity contribution in [3.05, 3.63) is 0 Å². The summed E-state index contributed by atoms with van der Waals surface area (Å²) in [7, 11) is 0. The fourth-order valence-corrected chi connectivity index (χ4v) is 3.96. The van der Waals surface area contributed by atoms with Crippen LogP contribution in [0, 0.1) is 0 Å². The van der Waals surface area contributed by atoms with Crippen molar-refractivity contribution in [3.63, 3.8) is 0 Å². The van der Waals surface area contributed by atoms with Crippen LogP contribution in [0.3, 0.4) is 0 Å². The molecule has 0 amide bonds. The fourth-order valence-electron chi connectivity index (χ4n) is 3.96. The zero-order chi connectivity index (χ0) is 14.4.